The van der Waals surface area contributed by atoms with Crippen LogP contribution in [0.5, 0.6) is 0 Å². The van der Waals surface area contributed by atoms with Gasteiger partial charge in [0.25, 0.3) is 15.9 Å². The Labute approximate surface area is 195 Å². The lowest BCUT2D eigenvalue weighted by molar-refractivity contribution is -0.125. The molecule has 0 saturated heterocycles. The zero-order valence-electron chi connectivity index (χ0n) is 18.9. The molecule has 0 aliphatic heterocycles. The van der Waals surface area contributed by atoms with Crippen molar-refractivity contribution in [3.05, 3.63) is 60.2 Å². The van der Waals surface area contributed by atoms with Gasteiger partial charge in [0.1, 0.15) is 0 Å². The van der Waals surface area contributed by atoms with E-state index in [1.165, 1.54) is 50.6 Å². The number of anilines is 1. The summed E-state index contributed by atoms with van der Waals surface area (Å²) in [5.74, 6) is 0.892. The van der Waals surface area contributed by atoms with Crippen LogP contribution >= 0.6 is 0 Å². The molecule has 1 N–H and O–H groups in total. The molecule has 2 aromatic carbocycles. The molecule has 0 radical (unpaired) electrons. The zero-order chi connectivity index (χ0) is 23.6. The predicted molar refractivity (Wildman–Crippen MR) is 125 cm³/mol. The molecular weight excluding hydrogens is 440 g/mol. The number of esters is 1. The van der Waals surface area contributed by atoms with E-state index in [1.54, 1.807) is 30.3 Å². The van der Waals surface area contributed by atoms with E-state index < -0.39 is 22.6 Å². The Bertz CT molecular complexity index is 1120. The van der Waals surface area contributed by atoms with Gasteiger partial charge < -0.3 is 10.1 Å². The van der Waals surface area contributed by atoms with Crippen LogP contribution in [0, 0.1) is 17.8 Å². The number of carbonyl (C=O) groups excluding carboxylic acids is 2. The van der Waals surface area contributed by atoms with E-state index >= 15 is 0 Å². The molecule has 33 heavy (non-hydrogen) atoms. The summed E-state index contributed by atoms with van der Waals surface area (Å²) < 4.78 is 32.3. The summed E-state index contributed by atoms with van der Waals surface area (Å²) in [6.07, 6.45) is 4.96. The highest BCUT2D eigenvalue weighted by molar-refractivity contribution is 7.92. The van der Waals surface area contributed by atoms with E-state index in [0.717, 1.165) is 16.6 Å². The zero-order valence-corrected chi connectivity index (χ0v) is 19.8. The molecule has 2 aromatic rings. The minimum Gasteiger partial charge on any atom is -0.452 e. The molecule has 7 nitrogen and oxygen atoms in total. The Kier molecular flexibility index (Phi) is 6.74. The minimum atomic E-state index is -3.86. The van der Waals surface area contributed by atoms with Gasteiger partial charge in [-0.2, -0.15) is 0 Å². The van der Waals surface area contributed by atoms with Gasteiger partial charge in [-0.25, -0.2) is 13.2 Å². The largest absolute Gasteiger partial charge is 0.452 e. The summed E-state index contributed by atoms with van der Waals surface area (Å²) in [7, 11) is -2.41. The first-order valence-corrected chi connectivity index (χ1v) is 12.8. The van der Waals surface area contributed by atoms with Crippen LogP contribution in [0.1, 0.15) is 43.0 Å². The molecule has 0 unspecified atom stereocenters. The number of ether oxygens (including phenoxy) is 1. The topological polar surface area (TPSA) is 92.8 Å². The molecule has 2 aliphatic rings. The number of amides is 1. The van der Waals surface area contributed by atoms with Crippen molar-refractivity contribution < 1.29 is 22.7 Å². The molecule has 8 heteroatoms. The van der Waals surface area contributed by atoms with Gasteiger partial charge in [0.15, 0.2) is 6.61 Å². The smallest absolute Gasteiger partial charge is 0.338 e. The number of hydrogen-bond acceptors (Lipinski definition) is 5. The second kappa shape index (κ2) is 9.55. The van der Waals surface area contributed by atoms with Crippen molar-refractivity contribution in [2.75, 3.05) is 18.0 Å². The number of benzene rings is 2. The number of nitrogens with zero attached hydrogens (tertiary/aromatic N) is 1. The van der Waals surface area contributed by atoms with Crippen LogP contribution in [0.4, 0.5) is 5.69 Å². The molecule has 2 saturated carbocycles. The fraction of sp³-hybridized carbons (Fsp3) is 0.440. The molecule has 176 valence electrons. The number of rotatable bonds is 8. The molecule has 4 atom stereocenters. The molecule has 0 spiro atoms. The highest BCUT2D eigenvalue weighted by Gasteiger charge is 2.42. The van der Waals surface area contributed by atoms with E-state index in [1.807, 2.05) is 6.92 Å². The predicted octanol–water partition coefficient (Wildman–Crippen LogP) is 3.61. The Balaban J connectivity index is 1.35. The van der Waals surface area contributed by atoms with Crippen molar-refractivity contribution in [2.24, 2.45) is 17.8 Å². The Hall–Kier alpha value is -2.87. The Morgan fingerprint density at radius 3 is 2.52 bits per heavy atom. The van der Waals surface area contributed by atoms with Crippen LogP contribution in [0.3, 0.4) is 0 Å². The van der Waals surface area contributed by atoms with Crippen LogP contribution in [-0.4, -0.2) is 40.0 Å². The van der Waals surface area contributed by atoms with Gasteiger partial charge in [-0.05, 0) is 74.3 Å². The number of hydrogen-bond donors (Lipinski definition) is 1. The maximum absolute atomic E-state index is 13.0. The molecule has 2 fully saturated rings. The normalized spacial score (nSPS) is 22.5. The first-order valence-electron chi connectivity index (χ1n) is 11.4. The van der Waals surface area contributed by atoms with Crippen LogP contribution < -0.4 is 9.62 Å². The van der Waals surface area contributed by atoms with Crippen molar-refractivity contribution in [3.63, 3.8) is 0 Å². The van der Waals surface area contributed by atoms with Gasteiger partial charge in [0.05, 0.1) is 16.1 Å². The van der Waals surface area contributed by atoms with Crippen molar-refractivity contribution in [1.82, 2.24) is 5.32 Å². The SMILES string of the molecule is C[C@H](NC(=O)COC(=O)c1cccc(S(=O)(=O)N(C)c2ccccc2)c1)[C@H]1C[C@@H]2CC[C@H]1C2. The fourth-order valence-corrected chi connectivity index (χ4v) is 6.48. The van der Waals surface area contributed by atoms with Gasteiger partial charge in [-0.3, -0.25) is 9.10 Å². The quantitative estimate of drug-likeness (QED) is 0.595. The van der Waals surface area contributed by atoms with Gasteiger partial charge in [0, 0.05) is 13.1 Å². The lowest BCUT2D eigenvalue weighted by atomic mass is 9.84. The van der Waals surface area contributed by atoms with Crippen LogP contribution in [0.15, 0.2) is 59.5 Å². The van der Waals surface area contributed by atoms with Crippen LogP contribution in [0.2, 0.25) is 0 Å². The van der Waals surface area contributed by atoms with Crippen LogP contribution in [0.25, 0.3) is 0 Å². The second-order valence-corrected chi connectivity index (χ2v) is 11.1. The first-order chi connectivity index (χ1) is 15.8. The van der Waals surface area contributed by atoms with E-state index in [9.17, 15) is 18.0 Å². The van der Waals surface area contributed by atoms with Crippen LogP contribution in [-0.2, 0) is 19.6 Å². The van der Waals surface area contributed by atoms with E-state index in [-0.39, 0.29) is 22.4 Å². The maximum atomic E-state index is 13.0. The standard InChI is InChI=1S/C25H30N2O5S/c1-17(23-14-18-11-12-19(23)13-18)26-24(28)16-32-25(29)20-7-6-10-22(15-20)33(30,31)27(2)21-8-4-3-5-9-21/h3-10,15,17-19,23H,11-14,16H2,1-2H3,(H,26,28)/t17-,18+,19-,23+/m0/s1. The maximum Gasteiger partial charge on any atom is 0.338 e. The monoisotopic (exact) mass is 470 g/mol. The van der Waals surface area contributed by atoms with Crippen molar-refractivity contribution in [3.8, 4) is 0 Å². The van der Waals surface area contributed by atoms with Gasteiger partial charge in [-0.15, -0.1) is 0 Å². The van der Waals surface area contributed by atoms with Crippen molar-refractivity contribution >= 4 is 27.6 Å². The van der Waals surface area contributed by atoms with E-state index in [2.05, 4.69) is 5.32 Å². The molecule has 4 rings (SSSR count). The molecule has 2 bridgehead atoms. The fourth-order valence-electron chi connectivity index (χ4n) is 5.24. The van der Waals surface area contributed by atoms with E-state index in [4.69, 9.17) is 4.74 Å². The average Bonchev–Trinajstić information content (AvgIpc) is 3.46. The second-order valence-electron chi connectivity index (χ2n) is 9.11. The summed E-state index contributed by atoms with van der Waals surface area (Å²) in [6, 6.07) is 14.4. The van der Waals surface area contributed by atoms with Gasteiger partial charge in [-0.1, -0.05) is 30.7 Å². The molecule has 2 aliphatic carbocycles. The molecule has 0 aromatic heterocycles. The molecule has 1 amide bonds. The number of fused-ring (bicyclic) bond motifs is 2. The lowest BCUT2D eigenvalue weighted by Crippen LogP contribution is -2.42. The Morgan fingerprint density at radius 1 is 1.09 bits per heavy atom. The third-order valence-electron chi connectivity index (χ3n) is 7.01. The average molecular weight is 471 g/mol. The third kappa shape index (κ3) is 5.05. The summed E-state index contributed by atoms with van der Waals surface area (Å²) in [5, 5.41) is 2.96. The Morgan fingerprint density at radius 2 is 1.85 bits per heavy atom. The lowest BCUT2D eigenvalue weighted by Gasteiger charge is -2.28. The third-order valence-corrected chi connectivity index (χ3v) is 8.79. The highest BCUT2D eigenvalue weighted by Crippen LogP contribution is 2.49. The van der Waals surface area contributed by atoms with Crippen molar-refractivity contribution in [2.45, 2.75) is 43.5 Å². The van der Waals surface area contributed by atoms with Gasteiger partial charge in [0.2, 0.25) is 0 Å². The number of para-hydroxylation sites is 1. The first kappa shape index (κ1) is 23.3. The summed E-state index contributed by atoms with van der Waals surface area (Å²) in [4.78, 5) is 24.8. The number of nitrogens with one attached hydrogen (secondary N) is 1. The molecule has 0 heterocycles. The summed E-state index contributed by atoms with van der Waals surface area (Å²) in [5.41, 5.74) is 0.582. The molecular formula is C25H30N2O5S. The highest BCUT2D eigenvalue weighted by atomic mass is 32.2. The summed E-state index contributed by atoms with van der Waals surface area (Å²) in [6.45, 7) is 1.62. The van der Waals surface area contributed by atoms with Gasteiger partial charge >= 0.3 is 5.97 Å². The van der Waals surface area contributed by atoms with Crippen molar-refractivity contribution in [1.29, 1.82) is 0 Å². The van der Waals surface area contributed by atoms with E-state index in [0.29, 0.717) is 17.5 Å². The number of sulfonamides is 1. The summed E-state index contributed by atoms with van der Waals surface area (Å²) >= 11 is 0. The minimum absolute atomic E-state index is 0.0299. The number of carbonyl (C=O) groups is 2.